The smallest absolute Gasteiger partial charge is 0.223 e. The van der Waals surface area contributed by atoms with E-state index in [1.54, 1.807) is 18.3 Å². The van der Waals surface area contributed by atoms with Crippen LogP contribution >= 0.6 is 0 Å². The van der Waals surface area contributed by atoms with E-state index >= 15 is 0 Å². The van der Waals surface area contributed by atoms with E-state index in [1.165, 1.54) is 17.7 Å². The number of imidazole rings is 1. The summed E-state index contributed by atoms with van der Waals surface area (Å²) in [4.78, 5) is 13.7. The van der Waals surface area contributed by atoms with Crippen molar-refractivity contribution in [1.82, 2.24) is 19.4 Å². The van der Waals surface area contributed by atoms with E-state index in [1.807, 2.05) is 16.7 Å². The van der Waals surface area contributed by atoms with E-state index in [2.05, 4.69) is 34.3 Å². The molecule has 3 heterocycles. The summed E-state index contributed by atoms with van der Waals surface area (Å²) in [5.41, 5.74) is 5.08. The fraction of sp³-hybridized carbons (Fsp3) is 0.227. The number of rotatable bonds is 7. The van der Waals surface area contributed by atoms with Gasteiger partial charge in [0.15, 0.2) is 0 Å². The van der Waals surface area contributed by atoms with E-state index in [0.29, 0.717) is 24.6 Å². The van der Waals surface area contributed by atoms with Gasteiger partial charge in [-0.2, -0.15) is 0 Å². The highest BCUT2D eigenvalue weighted by atomic mass is 19.1. The molecule has 0 saturated heterocycles. The lowest BCUT2D eigenvalue weighted by Crippen LogP contribution is -2.07. The molecule has 4 rings (SSSR count). The fourth-order valence-electron chi connectivity index (χ4n) is 3.22. The number of hydrogen-bond acceptors (Lipinski definition) is 5. The highest BCUT2D eigenvalue weighted by molar-refractivity contribution is 5.80. The first-order valence-corrected chi connectivity index (χ1v) is 9.64. The number of aliphatic hydroxyl groups excluding tert-OH is 1. The monoisotopic (exact) mass is 391 g/mol. The summed E-state index contributed by atoms with van der Waals surface area (Å²) in [6, 6.07) is 12.3. The van der Waals surface area contributed by atoms with Gasteiger partial charge in [-0.25, -0.2) is 19.3 Å². The SMILES string of the molecule is CCc1ccn2c(-c3ccnc(NCCCO)n3)c(-c3ccc(F)cc3)nc2c1. The second-order valence-corrected chi connectivity index (χ2v) is 6.70. The van der Waals surface area contributed by atoms with Gasteiger partial charge < -0.3 is 10.4 Å². The Morgan fingerprint density at radius 2 is 1.93 bits per heavy atom. The van der Waals surface area contributed by atoms with Crippen LogP contribution in [0.25, 0.3) is 28.3 Å². The molecule has 6 nitrogen and oxygen atoms in total. The Morgan fingerprint density at radius 1 is 1.10 bits per heavy atom. The Labute approximate surface area is 168 Å². The Kier molecular flexibility index (Phi) is 5.48. The molecule has 0 aliphatic rings. The maximum absolute atomic E-state index is 13.5. The zero-order valence-electron chi connectivity index (χ0n) is 16.1. The van der Waals surface area contributed by atoms with Crippen molar-refractivity contribution in [3.63, 3.8) is 0 Å². The average Bonchev–Trinajstić information content (AvgIpc) is 3.13. The van der Waals surface area contributed by atoms with Crippen molar-refractivity contribution < 1.29 is 9.50 Å². The molecule has 0 saturated carbocycles. The van der Waals surface area contributed by atoms with Crippen LogP contribution in [0.1, 0.15) is 18.9 Å². The predicted octanol–water partition coefficient (Wildman–Crippen LogP) is 3.95. The van der Waals surface area contributed by atoms with Gasteiger partial charge in [-0.1, -0.05) is 6.92 Å². The lowest BCUT2D eigenvalue weighted by Gasteiger charge is -2.08. The number of pyridine rings is 1. The van der Waals surface area contributed by atoms with E-state index in [0.717, 1.165) is 29.0 Å². The molecule has 0 amide bonds. The number of nitrogens with zero attached hydrogens (tertiary/aromatic N) is 4. The zero-order valence-corrected chi connectivity index (χ0v) is 16.1. The molecule has 2 N–H and O–H groups in total. The van der Waals surface area contributed by atoms with Crippen LogP contribution in [0.3, 0.4) is 0 Å². The van der Waals surface area contributed by atoms with Crippen LogP contribution in [0.4, 0.5) is 10.3 Å². The molecule has 3 aromatic heterocycles. The lowest BCUT2D eigenvalue weighted by atomic mass is 10.1. The summed E-state index contributed by atoms with van der Waals surface area (Å²) >= 11 is 0. The van der Waals surface area contributed by atoms with Gasteiger partial charge in [-0.15, -0.1) is 0 Å². The molecule has 0 bridgehead atoms. The molecule has 0 spiro atoms. The number of hydrogen-bond donors (Lipinski definition) is 2. The fourth-order valence-corrected chi connectivity index (χ4v) is 3.22. The van der Waals surface area contributed by atoms with Crippen LogP contribution in [0.2, 0.25) is 0 Å². The van der Waals surface area contributed by atoms with Gasteiger partial charge >= 0.3 is 0 Å². The number of halogens is 1. The van der Waals surface area contributed by atoms with Gasteiger partial charge in [-0.05, 0) is 60.9 Å². The molecule has 0 radical (unpaired) electrons. The van der Waals surface area contributed by atoms with Gasteiger partial charge in [0.2, 0.25) is 5.95 Å². The van der Waals surface area contributed by atoms with E-state index < -0.39 is 0 Å². The maximum Gasteiger partial charge on any atom is 0.223 e. The molecule has 0 fully saturated rings. The van der Waals surface area contributed by atoms with Crippen LogP contribution in [-0.4, -0.2) is 37.6 Å². The summed E-state index contributed by atoms with van der Waals surface area (Å²) in [7, 11) is 0. The molecule has 148 valence electrons. The second-order valence-electron chi connectivity index (χ2n) is 6.70. The first-order chi connectivity index (χ1) is 14.2. The summed E-state index contributed by atoms with van der Waals surface area (Å²) in [6.45, 7) is 2.79. The van der Waals surface area contributed by atoms with Crippen LogP contribution in [0.5, 0.6) is 0 Å². The number of benzene rings is 1. The molecule has 0 aliphatic heterocycles. The van der Waals surface area contributed by atoms with Crippen LogP contribution in [0.15, 0.2) is 54.9 Å². The third-order valence-corrected chi connectivity index (χ3v) is 4.73. The second kappa shape index (κ2) is 8.36. The first kappa shape index (κ1) is 19.0. The van der Waals surface area contributed by atoms with Crippen LogP contribution in [-0.2, 0) is 6.42 Å². The zero-order chi connectivity index (χ0) is 20.2. The van der Waals surface area contributed by atoms with Gasteiger partial charge in [-0.3, -0.25) is 4.40 Å². The minimum absolute atomic E-state index is 0.106. The number of aromatic nitrogens is 4. The molecule has 1 aromatic carbocycles. The molecule has 0 atom stereocenters. The van der Waals surface area contributed by atoms with Crippen molar-refractivity contribution >= 4 is 11.6 Å². The highest BCUT2D eigenvalue weighted by Gasteiger charge is 2.18. The number of aliphatic hydroxyl groups is 1. The quantitative estimate of drug-likeness (QED) is 0.467. The van der Waals surface area contributed by atoms with Crippen molar-refractivity contribution in [2.24, 2.45) is 0 Å². The van der Waals surface area contributed by atoms with Gasteiger partial charge in [0.05, 0.1) is 17.1 Å². The van der Waals surface area contributed by atoms with Crippen molar-refractivity contribution in [2.45, 2.75) is 19.8 Å². The van der Waals surface area contributed by atoms with Gasteiger partial charge in [0, 0.05) is 31.1 Å². The summed E-state index contributed by atoms with van der Waals surface area (Å²) < 4.78 is 15.5. The van der Waals surface area contributed by atoms with Gasteiger partial charge in [0.25, 0.3) is 0 Å². The normalized spacial score (nSPS) is 11.1. The average molecular weight is 391 g/mol. The predicted molar refractivity (Wildman–Crippen MR) is 111 cm³/mol. The van der Waals surface area contributed by atoms with Crippen molar-refractivity contribution in [1.29, 1.82) is 0 Å². The van der Waals surface area contributed by atoms with Crippen LogP contribution in [0, 0.1) is 5.82 Å². The Bertz CT molecular complexity index is 1120. The topological polar surface area (TPSA) is 75.3 Å². The third-order valence-electron chi connectivity index (χ3n) is 4.73. The molecule has 29 heavy (non-hydrogen) atoms. The minimum atomic E-state index is -0.287. The summed E-state index contributed by atoms with van der Waals surface area (Å²) in [5.74, 6) is 0.200. The number of fused-ring (bicyclic) bond motifs is 1. The molecule has 0 aliphatic carbocycles. The molecule has 4 aromatic rings. The van der Waals surface area contributed by atoms with Crippen molar-refractivity contribution in [3.8, 4) is 22.6 Å². The number of anilines is 1. The van der Waals surface area contributed by atoms with E-state index in [4.69, 9.17) is 10.1 Å². The van der Waals surface area contributed by atoms with Crippen molar-refractivity contribution in [2.75, 3.05) is 18.5 Å². The van der Waals surface area contributed by atoms with E-state index in [9.17, 15) is 4.39 Å². The minimum Gasteiger partial charge on any atom is -0.396 e. The summed E-state index contributed by atoms with van der Waals surface area (Å²) in [6.07, 6.45) is 5.21. The standard InChI is InChI=1S/C22H22FN5O/c1-2-15-9-12-28-19(14-15)27-20(16-4-6-17(23)7-5-16)21(28)18-8-11-25-22(26-18)24-10-3-13-29/h4-9,11-12,14,29H,2-3,10,13H2,1H3,(H,24,25,26). The largest absolute Gasteiger partial charge is 0.396 e. The van der Waals surface area contributed by atoms with Crippen LogP contribution < -0.4 is 5.32 Å². The number of nitrogens with one attached hydrogen (secondary N) is 1. The molecular formula is C22H22FN5O. The summed E-state index contributed by atoms with van der Waals surface area (Å²) in [5, 5.41) is 12.1. The third kappa shape index (κ3) is 3.95. The number of aryl methyl sites for hydroxylation is 1. The maximum atomic E-state index is 13.5. The first-order valence-electron chi connectivity index (χ1n) is 9.64. The Hall–Kier alpha value is -3.32. The Balaban J connectivity index is 1.86. The van der Waals surface area contributed by atoms with Crippen molar-refractivity contribution in [3.05, 3.63) is 66.2 Å². The van der Waals surface area contributed by atoms with Gasteiger partial charge in [0.1, 0.15) is 11.5 Å². The molecule has 0 unspecified atom stereocenters. The molecular weight excluding hydrogens is 369 g/mol. The molecule has 7 heteroatoms. The Morgan fingerprint density at radius 3 is 2.69 bits per heavy atom. The highest BCUT2D eigenvalue weighted by Crippen LogP contribution is 2.32. The lowest BCUT2D eigenvalue weighted by molar-refractivity contribution is 0.292. The van der Waals surface area contributed by atoms with E-state index in [-0.39, 0.29) is 12.4 Å².